The first-order chi connectivity index (χ1) is 70.9. The second-order valence-electron chi connectivity index (χ2n) is 36.2. The SMILES string of the molecule is CC(C)(C)OC(=O)CSc1nc2cc(/C(N)=N/O)ccc2c(=O)n1-c1ccc(F)cc1.CC(C)(C)OC(=O)CSc1nc2cc(Br)ccc2c(=O)n1-c1ccc(F)cc1.CC(C)(C)OC(=O)CSc1nc2cc(C#N)ccc2c(=O)n1-c1ccc(F)cc1.Cc1nc(-c2ccc3c(=O)n(-c4ccc(F)cc4)c(SCC(=O)O)nc3c2)no1.Cc1nc(-c2ccc3c(=O)n(-c4ccc(F)cc4)c(SCC(=O)OC(C)(C)C)nc3c2)no1. The molecule has 17 rings (SSSR count). The van der Waals surface area contributed by atoms with Gasteiger partial charge < -0.3 is 44.0 Å². The molecule has 7 heterocycles. The van der Waals surface area contributed by atoms with Crippen molar-refractivity contribution in [2.75, 3.05) is 28.8 Å². The van der Waals surface area contributed by atoms with Gasteiger partial charge in [0.1, 0.15) is 51.5 Å². The van der Waals surface area contributed by atoms with Gasteiger partial charge >= 0.3 is 29.8 Å². The van der Waals surface area contributed by atoms with Crippen molar-refractivity contribution < 1.29 is 84.2 Å². The number of carbonyl (C=O) groups excluding carboxylic acids is 4. The Bertz CT molecular complexity index is 8420. The number of nitrogens with zero attached hydrogens (tertiary/aromatic N) is 16. The van der Waals surface area contributed by atoms with Gasteiger partial charge in [-0.3, -0.25) is 70.8 Å². The molecular formula is C104H91BrF5N17O18S5. The number of nitriles is 1. The van der Waals surface area contributed by atoms with Crippen molar-refractivity contribution in [2.45, 2.75) is 145 Å². The van der Waals surface area contributed by atoms with Gasteiger partial charge in [-0.25, -0.2) is 46.9 Å². The van der Waals surface area contributed by atoms with Crippen LogP contribution < -0.4 is 33.5 Å². The molecule has 0 aliphatic carbocycles. The van der Waals surface area contributed by atoms with E-state index in [0.29, 0.717) is 128 Å². The Morgan fingerprint density at radius 3 is 0.887 bits per heavy atom. The molecule has 0 radical (unpaired) electrons. The van der Waals surface area contributed by atoms with Gasteiger partial charge in [0.05, 0.1) is 123 Å². The summed E-state index contributed by atoms with van der Waals surface area (Å²) < 4.78 is 106. The van der Waals surface area contributed by atoms with E-state index >= 15 is 0 Å². The van der Waals surface area contributed by atoms with Crippen LogP contribution in [-0.2, 0) is 42.9 Å². The van der Waals surface area contributed by atoms with Crippen molar-refractivity contribution in [3.05, 3.63) is 321 Å². The molecular weight excluding hydrogens is 2110 g/mol. The van der Waals surface area contributed by atoms with Crippen LogP contribution in [0, 0.1) is 54.3 Å². The first kappa shape index (κ1) is 111. The maximum Gasteiger partial charge on any atom is 0.316 e. The molecule has 46 heteroatoms. The highest BCUT2D eigenvalue weighted by Crippen LogP contribution is 2.33. The molecule has 0 amide bonds. The average molecular weight is 2200 g/mol. The van der Waals surface area contributed by atoms with E-state index in [4.69, 9.17) is 49.3 Å². The molecule has 10 aromatic carbocycles. The highest BCUT2D eigenvalue weighted by atomic mass is 79.9. The van der Waals surface area contributed by atoms with E-state index in [1.165, 1.54) is 181 Å². The van der Waals surface area contributed by atoms with Crippen LogP contribution >= 0.6 is 74.7 Å². The van der Waals surface area contributed by atoms with Crippen molar-refractivity contribution in [2.24, 2.45) is 10.9 Å². The van der Waals surface area contributed by atoms with Crippen molar-refractivity contribution in [1.29, 1.82) is 5.26 Å². The number of nitrogens with two attached hydrogens (primary N) is 1. The van der Waals surface area contributed by atoms with Gasteiger partial charge in [-0.05, 0) is 277 Å². The number of carbonyl (C=O) groups is 5. The van der Waals surface area contributed by atoms with Gasteiger partial charge in [0, 0.05) is 35.0 Å². The minimum Gasteiger partial charge on any atom is -0.481 e. The van der Waals surface area contributed by atoms with Crippen LogP contribution in [0.15, 0.2) is 281 Å². The number of aromatic nitrogens is 14. The molecule has 0 aliphatic heterocycles. The summed E-state index contributed by atoms with van der Waals surface area (Å²) in [5, 5.41) is 40.7. The normalized spacial score (nSPS) is 11.6. The summed E-state index contributed by atoms with van der Waals surface area (Å²) in [6.45, 7) is 24.6. The molecule has 4 N–H and O–H groups in total. The smallest absolute Gasteiger partial charge is 0.316 e. The maximum atomic E-state index is 13.5. The number of hydrogen-bond acceptors (Lipinski definition) is 33. The number of hydrogen-bond donors (Lipinski definition) is 3. The Labute approximate surface area is 879 Å². The summed E-state index contributed by atoms with van der Waals surface area (Å²) >= 11 is 8.49. The molecule has 0 aliphatic rings. The Hall–Kier alpha value is -15.8. The zero-order chi connectivity index (χ0) is 109. The highest BCUT2D eigenvalue weighted by Gasteiger charge is 2.28. The molecule has 150 heavy (non-hydrogen) atoms. The number of aryl methyl sites for hydroxylation is 2. The predicted molar refractivity (Wildman–Crippen MR) is 562 cm³/mol. The van der Waals surface area contributed by atoms with E-state index in [9.17, 15) is 69.9 Å². The van der Waals surface area contributed by atoms with Crippen LogP contribution in [0.1, 0.15) is 106 Å². The minimum absolute atomic E-state index is 0.00951. The zero-order valence-corrected chi connectivity index (χ0v) is 87.9. The third-order valence-electron chi connectivity index (χ3n) is 20.0. The number of carboxylic acids is 1. The van der Waals surface area contributed by atoms with Crippen molar-refractivity contribution >= 4 is 165 Å². The summed E-state index contributed by atoms with van der Waals surface area (Å²) in [5.41, 5.74) is 7.30. The molecule has 7 aromatic heterocycles. The fraction of sp³-hybridized carbons (Fsp3) is 0.221. The van der Waals surface area contributed by atoms with E-state index in [-0.39, 0.29) is 77.3 Å². The fourth-order valence-corrected chi connectivity index (χ4v) is 18.1. The molecule has 17 aromatic rings. The maximum absolute atomic E-state index is 13.5. The summed E-state index contributed by atoms with van der Waals surface area (Å²) in [4.78, 5) is 157. The number of ether oxygens (including phenoxy) is 4. The van der Waals surface area contributed by atoms with Crippen LogP contribution in [0.2, 0.25) is 0 Å². The van der Waals surface area contributed by atoms with Gasteiger partial charge in [-0.2, -0.15) is 15.2 Å². The molecule has 0 atom stereocenters. The number of oxime groups is 1. The predicted octanol–water partition coefficient (Wildman–Crippen LogP) is 19.0. The number of aliphatic carboxylic acids is 1. The molecule has 0 fully saturated rings. The van der Waals surface area contributed by atoms with E-state index in [1.807, 2.05) is 6.07 Å². The molecule has 0 saturated carbocycles. The Kier molecular flexibility index (Phi) is 35.6. The van der Waals surface area contributed by atoms with Gasteiger partial charge in [-0.15, -0.1) is 0 Å². The minimum atomic E-state index is -1.05. The molecule has 0 bridgehead atoms. The second-order valence-corrected chi connectivity index (χ2v) is 41.8. The summed E-state index contributed by atoms with van der Waals surface area (Å²) in [6, 6.07) is 53.4. The number of carboxylic acid groups (broad SMARTS) is 1. The van der Waals surface area contributed by atoms with E-state index in [2.05, 4.69) is 66.3 Å². The Balaban J connectivity index is 0.000000156. The number of halogens is 6. The lowest BCUT2D eigenvalue weighted by Gasteiger charge is -2.19. The van der Waals surface area contributed by atoms with Gasteiger partial charge in [-0.1, -0.05) is 108 Å². The van der Waals surface area contributed by atoms with Gasteiger partial charge in [0.25, 0.3) is 27.8 Å². The monoisotopic (exact) mass is 2200 g/mol. The van der Waals surface area contributed by atoms with E-state index in [0.717, 1.165) is 63.3 Å². The van der Waals surface area contributed by atoms with Crippen LogP contribution in [0.4, 0.5) is 22.0 Å². The molecule has 772 valence electrons. The second kappa shape index (κ2) is 48.0. The molecule has 35 nitrogen and oxygen atoms in total. The number of benzene rings is 10. The molecule has 0 saturated heterocycles. The summed E-state index contributed by atoms with van der Waals surface area (Å²) in [5.74, 6) is -4.07. The van der Waals surface area contributed by atoms with Crippen LogP contribution in [-0.4, -0.2) is 165 Å². The summed E-state index contributed by atoms with van der Waals surface area (Å²) in [7, 11) is 0. The summed E-state index contributed by atoms with van der Waals surface area (Å²) in [6.07, 6.45) is 0. The lowest BCUT2D eigenvalue weighted by molar-refractivity contribution is -0.152. The highest BCUT2D eigenvalue weighted by molar-refractivity contribution is 9.10. The van der Waals surface area contributed by atoms with E-state index < -0.39 is 92.5 Å². The van der Waals surface area contributed by atoms with E-state index in [1.54, 1.807) is 152 Å². The Morgan fingerprint density at radius 1 is 0.373 bits per heavy atom. The van der Waals surface area contributed by atoms with Crippen molar-refractivity contribution in [3.8, 4) is 57.3 Å². The zero-order valence-electron chi connectivity index (χ0n) is 82.2. The van der Waals surface area contributed by atoms with Crippen LogP contribution in [0.3, 0.4) is 0 Å². The van der Waals surface area contributed by atoms with Crippen LogP contribution in [0.5, 0.6) is 0 Å². The third kappa shape index (κ3) is 29.4. The van der Waals surface area contributed by atoms with Gasteiger partial charge in [0.15, 0.2) is 31.6 Å². The lowest BCUT2D eigenvalue weighted by Crippen LogP contribution is -2.26. The van der Waals surface area contributed by atoms with Crippen LogP contribution in [0.25, 0.3) is 106 Å². The fourth-order valence-electron chi connectivity index (χ4n) is 13.9. The number of amidine groups is 1. The standard InChI is InChI=1S/C23H21FN4O4S.C21H21FN4O4S.C21H18FN3O3S.C20H18BrFN2O3S.C19H13FN4O4S/c1-13-25-20(27-32-13)14-5-10-17-18(11-14)26-22(33-12-19(29)31-23(2,3)4)28(21(17)30)16-8-6-15(24)7-9-16;1-21(2,3)30-17(27)11-31-20-24-16-10-12(18(23)25-29)4-9-15(16)19(28)26(20)14-7-5-13(22)6-8-14;1-21(2,3)28-18(26)12-29-20-24-17-10-13(11-23)4-9-16(17)19(27)25(20)15-7-5-14(22)6-8-15;1-20(2,3)27-17(25)11-28-19-23-16-10-12(21)4-9-15(16)18(26)24(19)14-7-5-13(22)6-8-14;1-10-21-17(23-28-10)11-2-7-14-15(8-11)22-19(29-9-16(25)26)24(18(14)27)13-5-3-12(20)4-6-13/h5-11H,12H2,1-4H3;4-10,29H,11H2,1-3H3,(H2,23,25);4-10H,12H2,1-3H3;4-10H,11H2,1-3H3;2-8H,9H2,1H3,(H,25,26). The van der Waals surface area contributed by atoms with Crippen molar-refractivity contribution in [3.63, 3.8) is 0 Å². The first-order valence-electron chi connectivity index (χ1n) is 45.0. The van der Waals surface area contributed by atoms with Gasteiger partial charge in [0.2, 0.25) is 23.4 Å². The number of esters is 4. The third-order valence-corrected chi connectivity index (χ3v) is 25.0. The quantitative estimate of drug-likeness (QED) is 0.00616. The first-order valence-corrected chi connectivity index (χ1v) is 50.7. The lowest BCUT2D eigenvalue weighted by atomic mass is 10.1. The number of rotatable bonds is 23. The average Bonchev–Trinajstić information content (AvgIpc) is 1.39. The molecule has 0 unspecified atom stereocenters. The molecule has 0 spiro atoms. The topological polar surface area (TPSA) is 477 Å². The number of fused-ring (bicyclic) bond motifs is 5. The number of thioether (sulfide) groups is 5. The largest absolute Gasteiger partial charge is 0.481 e. The Morgan fingerprint density at radius 2 is 0.627 bits per heavy atom. The van der Waals surface area contributed by atoms with Crippen molar-refractivity contribution in [1.82, 2.24) is 68.0 Å².